The van der Waals surface area contributed by atoms with Gasteiger partial charge in [0.15, 0.2) is 0 Å². The Balaban J connectivity index is 4.20. The summed E-state index contributed by atoms with van der Waals surface area (Å²) in [6.45, 7) is 6.24. The highest BCUT2D eigenvalue weighted by Crippen LogP contribution is 2.11. The molecule has 1 atom stereocenters. The summed E-state index contributed by atoms with van der Waals surface area (Å²) in [5.74, 6) is 0.231. The van der Waals surface area contributed by atoms with E-state index in [1.807, 2.05) is 20.8 Å². The maximum atomic E-state index is 8.89. The Bertz CT molecular complexity index is 205. The van der Waals surface area contributed by atoms with E-state index in [0.29, 0.717) is 12.8 Å². The molecule has 0 aliphatic heterocycles. The summed E-state index contributed by atoms with van der Waals surface area (Å²) in [6, 6.07) is 0.169. The van der Waals surface area contributed by atoms with Crippen molar-refractivity contribution in [2.45, 2.75) is 51.6 Å². The molecule has 0 aromatic rings. The van der Waals surface area contributed by atoms with Crippen LogP contribution in [-0.2, 0) is 0 Å². The second kappa shape index (κ2) is 6.63. The van der Waals surface area contributed by atoms with Gasteiger partial charge in [-0.05, 0) is 26.7 Å². The molecular weight excluding hydrogens is 194 g/mol. The Hall–Kier alpha value is -0.810. The summed E-state index contributed by atoms with van der Waals surface area (Å²) in [7, 11) is 0. The standard InChI is InChI=1S/C10H23N3O2/c1-4-8(7-9(11)13-15)12-10(2,3)5-6-14/h8,12,14-15H,4-7H2,1-3H3,(H2,11,13). The summed E-state index contributed by atoms with van der Waals surface area (Å²) < 4.78 is 0. The van der Waals surface area contributed by atoms with Crippen LogP contribution in [0.5, 0.6) is 0 Å². The van der Waals surface area contributed by atoms with E-state index in [9.17, 15) is 0 Å². The number of hydrogen-bond donors (Lipinski definition) is 4. The van der Waals surface area contributed by atoms with E-state index in [0.717, 1.165) is 6.42 Å². The average Bonchev–Trinajstić information content (AvgIpc) is 2.16. The first-order valence-corrected chi connectivity index (χ1v) is 5.30. The van der Waals surface area contributed by atoms with Crippen LogP contribution >= 0.6 is 0 Å². The zero-order valence-electron chi connectivity index (χ0n) is 9.82. The fourth-order valence-electron chi connectivity index (χ4n) is 1.49. The molecule has 90 valence electrons. The van der Waals surface area contributed by atoms with Crippen molar-refractivity contribution in [2.24, 2.45) is 10.9 Å². The number of oxime groups is 1. The van der Waals surface area contributed by atoms with Gasteiger partial charge in [-0.15, -0.1) is 0 Å². The lowest BCUT2D eigenvalue weighted by atomic mass is 9.98. The van der Waals surface area contributed by atoms with E-state index in [1.54, 1.807) is 0 Å². The molecule has 0 aliphatic rings. The summed E-state index contributed by atoms with van der Waals surface area (Å²) in [6.07, 6.45) is 2.09. The molecule has 0 radical (unpaired) electrons. The average molecular weight is 217 g/mol. The van der Waals surface area contributed by atoms with Gasteiger partial charge < -0.3 is 21.4 Å². The molecule has 1 unspecified atom stereocenters. The molecule has 0 amide bonds. The van der Waals surface area contributed by atoms with Gasteiger partial charge in [0, 0.05) is 24.6 Å². The zero-order valence-corrected chi connectivity index (χ0v) is 9.82. The Kier molecular flexibility index (Phi) is 6.27. The van der Waals surface area contributed by atoms with Crippen molar-refractivity contribution in [2.75, 3.05) is 6.61 Å². The van der Waals surface area contributed by atoms with Gasteiger partial charge in [-0.3, -0.25) is 0 Å². The molecule has 0 saturated heterocycles. The van der Waals surface area contributed by atoms with E-state index < -0.39 is 0 Å². The summed E-state index contributed by atoms with van der Waals surface area (Å²) in [4.78, 5) is 0. The van der Waals surface area contributed by atoms with Gasteiger partial charge in [0.2, 0.25) is 0 Å². The number of nitrogens with zero attached hydrogens (tertiary/aromatic N) is 1. The maximum absolute atomic E-state index is 8.89. The molecule has 0 fully saturated rings. The monoisotopic (exact) mass is 217 g/mol. The van der Waals surface area contributed by atoms with E-state index >= 15 is 0 Å². The molecule has 15 heavy (non-hydrogen) atoms. The van der Waals surface area contributed by atoms with Crippen molar-refractivity contribution in [1.29, 1.82) is 0 Å². The van der Waals surface area contributed by atoms with Crippen molar-refractivity contribution < 1.29 is 10.3 Å². The lowest BCUT2D eigenvalue weighted by Crippen LogP contribution is -2.47. The van der Waals surface area contributed by atoms with Crippen LogP contribution in [0.25, 0.3) is 0 Å². The number of rotatable bonds is 7. The summed E-state index contributed by atoms with van der Waals surface area (Å²) in [5.41, 5.74) is 5.32. The zero-order chi connectivity index (χ0) is 11.9. The minimum absolute atomic E-state index is 0.134. The van der Waals surface area contributed by atoms with Crippen LogP contribution in [0.3, 0.4) is 0 Å². The molecule has 0 aromatic heterocycles. The van der Waals surface area contributed by atoms with Gasteiger partial charge in [0.25, 0.3) is 0 Å². The minimum atomic E-state index is -0.134. The van der Waals surface area contributed by atoms with Crippen LogP contribution in [0.1, 0.15) is 40.0 Å². The number of hydrogen-bond acceptors (Lipinski definition) is 4. The molecule has 0 spiro atoms. The van der Waals surface area contributed by atoms with E-state index in [-0.39, 0.29) is 24.0 Å². The molecule has 5 heteroatoms. The molecule has 0 heterocycles. The van der Waals surface area contributed by atoms with Gasteiger partial charge in [0.1, 0.15) is 5.84 Å². The second-order valence-electron chi connectivity index (χ2n) is 4.40. The van der Waals surface area contributed by atoms with Crippen molar-refractivity contribution in [3.63, 3.8) is 0 Å². The van der Waals surface area contributed by atoms with Crippen LogP contribution in [0.15, 0.2) is 5.16 Å². The van der Waals surface area contributed by atoms with E-state index in [4.69, 9.17) is 16.0 Å². The van der Waals surface area contributed by atoms with Crippen LogP contribution in [0.2, 0.25) is 0 Å². The third-order valence-electron chi connectivity index (χ3n) is 2.41. The van der Waals surface area contributed by atoms with Crippen LogP contribution in [0.4, 0.5) is 0 Å². The lowest BCUT2D eigenvalue weighted by molar-refractivity contribution is 0.217. The second-order valence-corrected chi connectivity index (χ2v) is 4.40. The highest BCUT2D eigenvalue weighted by molar-refractivity contribution is 5.80. The van der Waals surface area contributed by atoms with Crippen molar-refractivity contribution in [1.82, 2.24) is 5.32 Å². The highest BCUT2D eigenvalue weighted by Gasteiger charge is 2.21. The maximum Gasteiger partial charge on any atom is 0.140 e. The SMILES string of the molecule is CCC(CC(N)=NO)NC(C)(C)CCO. The van der Waals surface area contributed by atoms with Gasteiger partial charge in [-0.1, -0.05) is 12.1 Å². The highest BCUT2D eigenvalue weighted by atomic mass is 16.4. The van der Waals surface area contributed by atoms with Gasteiger partial charge in [0.05, 0.1) is 0 Å². The fourth-order valence-corrected chi connectivity index (χ4v) is 1.49. The predicted molar refractivity (Wildman–Crippen MR) is 61.0 cm³/mol. The van der Waals surface area contributed by atoms with Crippen LogP contribution in [0, 0.1) is 0 Å². The topological polar surface area (TPSA) is 90.9 Å². The van der Waals surface area contributed by atoms with E-state index in [2.05, 4.69) is 10.5 Å². The van der Waals surface area contributed by atoms with Crippen molar-refractivity contribution in [3.8, 4) is 0 Å². The fraction of sp³-hybridized carbons (Fsp3) is 0.900. The first kappa shape index (κ1) is 14.2. The molecule has 0 saturated carbocycles. The first-order valence-electron chi connectivity index (χ1n) is 5.30. The Morgan fingerprint density at radius 3 is 2.53 bits per heavy atom. The minimum Gasteiger partial charge on any atom is -0.409 e. The number of amidine groups is 1. The summed E-state index contributed by atoms with van der Waals surface area (Å²) in [5, 5.41) is 23.7. The molecule has 0 aromatic carbocycles. The van der Waals surface area contributed by atoms with E-state index in [1.165, 1.54) is 0 Å². The number of aliphatic hydroxyl groups excluding tert-OH is 1. The third kappa shape index (κ3) is 6.30. The molecule has 5 N–H and O–H groups in total. The molecule has 0 bridgehead atoms. The Morgan fingerprint density at radius 2 is 2.13 bits per heavy atom. The lowest BCUT2D eigenvalue weighted by Gasteiger charge is -2.31. The van der Waals surface area contributed by atoms with Gasteiger partial charge in [-0.2, -0.15) is 0 Å². The normalized spacial score (nSPS) is 15.3. The van der Waals surface area contributed by atoms with Crippen molar-refractivity contribution >= 4 is 5.84 Å². The largest absolute Gasteiger partial charge is 0.409 e. The third-order valence-corrected chi connectivity index (χ3v) is 2.41. The summed E-state index contributed by atoms with van der Waals surface area (Å²) >= 11 is 0. The molecule has 0 aliphatic carbocycles. The number of nitrogens with two attached hydrogens (primary N) is 1. The molecule has 5 nitrogen and oxygen atoms in total. The Morgan fingerprint density at radius 1 is 1.53 bits per heavy atom. The van der Waals surface area contributed by atoms with Gasteiger partial charge >= 0.3 is 0 Å². The molecule has 0 rings (SSSR count). The predicted octanol–water partition coefficient (Wildman–Crippen LogP) is 0.652. The number of aliphatic hydroxyl groups is 1. The van der Waals surface area contributed by atoms with Crippen molar-refractivity contribution in [3.05, 3.63) is 0 Å². The smallest absolute Gasteiger partial charge is 0.140 e. The Labute approximate surface area is 91.4 Å². The number of nitrogens with one attached hydrogen (secondary N) is 1. The quantitative estimate of drug-likeness (QED) is 0.218. The van der Waals surface area contributed by atoms with Gasteiger partial charge in [-0.25, -0.2) is 0 Å². The van der Waals surface area contributed by atoms with Crippen LogP contribution in [-0.4, -0.2) is 34.3 Å². The first-order chi connectivity index (χ1) is 6.95. The molecular formula is C10H23N3O2. The van der Waals surface area contributed by atoms with Crippen LogP contribution < -0.4 is 11.1 Å².